The van der Waals surface area contributed by atoms with Gasteiger partial charge in [0, 0.05) is 34.7 Å². The van der Waals surface area contributed by atoms with Gasteiger partial charge in [0.2, 0.25) is 0 Å². The van der Waals surface area contributed by atoms with Crippen LogP contribution in [0.4, 0.5) is 30.4 Å². The van der Waals surface area contributed by atoms with E-state index in [9.17, 15) is 23.1 Å². The fraction of sp³-hybridized carbons (Fsp3) is 0.308. The summed E-state index contributed by atoms with van der Waals surface area (Å²) in [5.41, 5.74) is 5.26. The van der Waals surface area contributed by atoms with Gasteiger partial charge in [-0.2, -0.15) is 13.2 Å². The number of rotatable bonds is 12. The lowest BCUT2D eigenvalue weighted by Crippen LogP contribution is -2.19. The molecule has 0 radical (unpaired) electrons. The lowest BCUT2D eigenvalue weighted by molar-refractivity contribution is -0.137. The highest BCUT2D eigenvalue weighted by Gasteiger charge is 2.31. The lowest BCUT2D eigenvalue weighted by Gasteiger charge is -2.22. The number of amides is 1. The quantitative estimate of drug-likeness (QED) is 0.123. The second-order valence-corrected chi connectivity index (χ2v) is 9.35. The molecule has 3 rings (SSSR count). The SMILES string of the molecule is NCCCCCCNc1cc(C(F)(F)F)ccc1C(O)Nc1ccc(Cl)cc1C(=O)Nc1ccc(Cl)cn1. The minimum absolute atomic E-state index is 0.0922. The van der Waals surface area contributed by atoms with Crippen molar-refractivity contribution in [1.82, 2.24) is 4.98 Å². The van der Waals surface area contributed by atoms with E-state index < -0.39 is 23.9 Å². The number of nitrogens with zero attached hydrogens (tertiary/aromatic N) is 1. The van der Waals surface area contributed by atoms with Crippen LogP contribution in [0.15, 0.2) is 54.7 Å². The molecule has 0 saturated heterocycles. The number of aromatic nitrogens is 1. The Bertz CT molecular complexity index is 1230. The van der Waals surface area contributed by atoms with Gasteiger partial charge < -0.3 is 26.8 Å². The van der Waals surface area contributed by atoms with E-state index in [1.807, 2.05) is 0 Å². The monoisotopic (exact) mass is 569 g/mol. The van der Waals surface area contributed by atoms with Crippen LogP contribution in [0, 0.1) is 0 Å². The van der Waals surface area contributed by atoms with Crippen molar-refractivity contribution < 1.29 is 23.1 Å². The molecule has 0 aliphatic rings. The van der Waals surface area contributed by atoms with Crippen molar-refractivity contribution in [2.24, 2.45) is 5.73 Å². The summed E-state index contributed by atoms with van der Waals surface area (Å²) >= 11 is 11.9. The number of nitrogens with two attached hydrogens (primary N) is 1. The van der Waals surface area contributed by atoms with E-state index in [-0.39, 0.29) is 33.3 Å². The minimum atomic E-state index is -4.55. The largest absolute Gasteiger partial charge is 0.416 e. The lowest BCUT2D eigenvalue weighted by atomic mass is 10.1. The number of nitrogens with one attached hydrogen (secondary N) is 3. The second kappa shape index (κ2) is 13.7. The number of hydrogen-bond donors (Lipinski definition) is 5. The van der Waals surface area contributed by atoms with Crippen LogP contribution in [0.5, 0.6) is 0 Å². The van der Waals surface area contributed by atoms with Crippen LogP contribution in [-0.2, 0) is 6.18 Å². The fourth-order valence-electron chi connectivity index (χ4n) is 3.66. The molecular weight excluding hydrogens is 542 g/mol. The van der Waals surface area contributed by atoms with Gasteiger partial charge in [-0.15, -0.1) is 0 Å². The Morgan fingerprint density at radius 1 is 0.974 bits per heavy atom. The van der Waals surface area contributed by atoms with Crippen LogP contribution in [0.1, 0.15) is 53.4 Å². The van der Waals surface area contributed by atoms with Crippen molar-refractivity contribution in [3.05, 3.63) is 81.5 Å². The van der Waals surface area contributed by atoms with Gasteiger partial charge >= 0.3 is 6.18 Å². The van der Waals surface area contributed by atoms with Crippen LogP contribution >= 0.6 is 23.2 Å². The molecular formula is C26H28Cl2F3N5O2. The number of halogens is 5. The summed E-state index contributed by atoms with van der Waals surface area (Å²) in [5, 5.41) is 20.1. The number of carbonyl (C=O) groups is 1. The van der Waals surface area contributed by atoms with Crippen molar-refractivity contribution in [2.45, 2.75) is 38.1 Å². The number of unbranched alkanes of at least 4 members (excludes halogenated alkanes) is 3. The molecule has 1 atom stereocenters. The summed E-state index contributed by atoms with van der Waals surface area (Å²) < 4.78 is 40.1. The zero-order valence-electron chi connectivity index (χ0n) is 20.3. The van der Waals surface area contributed by atoms with Crippen molar-refractivity contribution in [3.63, 3.8) is 0 Å². The Labute approximate surface area is 228 Å². The summed E-state index contributed by atoms with van der Waals surface area (Å²) in [7, 11) is 0. The zero-order chi connectivity index (χ0) is 27.7. The Morgan fingerprint density at radius 2 is 1.71 bits per heavy atom. The van der Waals surface area contributed by atoms with E-state index in [4.69, 9.17) is 28.9 Å². The smallest absolute Gasteiger partial charge is 0.385 e. The third kappa shape index (κ3) is 8.49. The number of aliphatic hydroxyl groups is 1. The normalized spacial score (nSPS) is 12.2. The molecule has 12 heteroatoms. The summed E-state index contributed by atoms with van der Waals surface area (Å²) in [6, 6.07) is 10.5. The molecule has 1 unspecified atom stereocenters. The fourth-order valence-corrected chi connectivity index (χ4v) is 3.94. The number of aliphatic hydroxyl groups excluding tert-OH is 1. The predicted molar refractivity (Wildman–Crippen MR) is 145 cm³/mol. The second-order valence-electron chi connectivity index (χ2n) is 8.48. The van der Waals surface area contributed by atoms with E-state index in [1.54, 1.807) is 6.07 Å². The molecule has 6 N–H and O–H groups in total. The van der Waals surface area contributed by atoms with Crippen LogP contribution in [0.25, 0.3) is 0 Å². The molecule has 1 heterocycles. The zero-order valence-corrected chi connectivity index (χ0v) is 21.8. The van der Waals surface area contributed by atoms with Crippen LogP contribution in [-0.4, -0.2) is 29.1 Å². The molecule has 0 saturated carbocycles. The molecule has 3 aromatic rings. The van der Waals surface area contributed by atoms with Crippen molar-refractivity contribution >= 4 is 46.3 Å². The van der Waals surface area contributed by atoms with Crippen LogP contribution < -0.4 is 21.7 Å². The third-order valence-corrected chi connectivity index (χ3v) is 6.07. The van der Waals surface area contributed by atoms with Gasteiger partial charge in [-0.1, -0.05) is 42.1 Å². The maximum absolute atomic E-state index is 13.4. The molecule has 0 aliphatic carbocycles. The summed E-state index contributed by atoms with van der Waals surface area (Å²) in [6.45, 7) is 0.998. The van der Waals surface area contributed by atoms with Crippen LogP contribution in [0.2, 0.25) is 10.0 Å². The van der Waals surface area contributed by atoms with Gasteiger partial charge in [0.1, 0.15) is 5.82 Å². The predicted octanol–water partition coefficient (Wildman–Crippen LogP) is 6.69. The number of alkyl halides is 3. The number of hydrogen-bond acceptors (Lipinski definition) is 6. The molecule has 1 aromatic heterocycles. The maximum atomic E-state index is 13.4. The summed E-state index contributed by atoms with van der Waals surface area (Å²) in [6.07, 6.45) is -1.24. The molecule has 0 fully saturated rings. The van der Waals surface area contributed by atoms with Crippen molar-refractivity contribution in [1.29, 1.82) is 0 Å². The average molecular weight is 570 g/mol. The van der Waals surface area contributed by atoms with Crippen molar-refractivity contribution in [3.8, 4) is 0 Å². The summed E-state index contributed by atoms with van der Waals surface area (Å²) in [4.78, 5) is 17.0. The maximum Gasteiger partial charge on any atom is 0.416 e. The molecule has 0 spiro atoms. The first-order chi connectivity index (χ1) is 18.1. The first kappa shape index (κ1) is 29.5. The van der Waals surface area contributed by atoms with Gasteiger partial charge in [0.15, 0.2) is 6.23 Å². The van der Waals surface area contributed by atoms with Gasteiger partial charge in [0.05, 0.1) is 16.1 Å². The molecule has 2 aromatic carbocycles. The number of pyridine rings is 1. The Kier molecular flexibility index (Phi) is 10.6. The first-order valence-electron chi connectivity index (χ1n) is 11.9. The third-order valence-electron chi connectivity index (χ3n) is 5.61. The highest BCUT2D eigenvalue weighted by molar-refractivity contribution is 6.31. The van der Waals surface area contributed by atoms with Gasteiger partial charge in [-0.05, 0) is 61.9 Å². The Hall–Kier alpha value is -3.05. The minimum Gasteiger partial charge on any atom is -0.385 e. The van der Waals surface area contributed by atoms with Gasteiger partial charge in [-0.3, -0.25) is 4.79 Å². The van der Waals surface area contributed by atoms with E-state index in [0.29, 0.717) is 18.1 Å². The highest BCUT2D eigenvalue weighted by atomic mass is 35.5. The molecule has 1 amide bonds. The van der Waals surface area contributed by atoms with Gasteiger partial charge in [0.25, 0.3) is 5.91 Å². The molecule has 0 aliphatic heterocycles. The highest BCUT2D eigenvalue weighted by Crippen LogP contribution is 2.35. The molecule has 7 nitrogen and oxygen atoms in total. The number of anilines is 3. The first-order valence-corrected chi connectivity index (χ1v) is 12.7. The van der Waals surface area contributed by atoms with Crippen molar-refractivity contribution in [2.75, 3.05) is 29.0 Å². The van der Waals surface area contributed by atoms with E-state index in [1.165, 1.54) is 36.5 Å². The Morgan fingerprint density at radius 3 is 2.39 bits per heavy atom. The average Bonchev–Trinajstić information content (AvgIpc) is 2.87. The molecule has 204 valence electrons. The van der Waals surface area contributed by atoms with E-state index in [0.717, 1.165) is 37.8 Å². The van der Waals surface area contributed by atoms with E-state index >= 15 is 0 Å². The van der Waals surface area contributed by atoms with E-state index in [2.05, 4.69) is 20.9 Å². The van der Waals surface area contributed by atoms with Gasteiger partial charge in [-0.25, -0.2) is 4.98 Å². The standard InChI is InChI=1S/C26H28Cl2F3N5O2/c27-17-6-9-21(20(14-17)25(38)36-23-10-7-18(28)15-34-23)35-24(37)19-8-5-16(26(29,30)31)13-22(19)33-12-4-2-1-3-11-32/h5-10,13-15,24,33,35,37H,1-4,11-12,32H2,(H,34,36,38). The summed E-state index contributed by atoms with van der Waals surface area (Å²) in [5.74, 6) is -0.327. The Balaban J connectivity index is 1.82. The number of benzene rings is 2. The molecule has 38 heavy (non-hydrogen) atoms. The number of carbonyl (C=O) groups excluding carboxylic acids is 1. The van der Waals surface area contributed by atoms with Crippen LogP contribution in [0.3, 0.4) is 0 Å². The molecule has 0 bridgehead atoms. The topological polar surface area (TPSA) is 112 Å².